The van der Waals surface area contributed by atoms with Gasteiger partial charge >= 0.3 is 0 Å². The molecular weight excluding hydrogens is 346 g/mol. The third kappa shape index (κ3) is 4.32. The van der Waals surface area contributed by atoms with Gasteiger partial charge in [0, 0.05) is 5.56 Å². The molecule has 0 atom stereocenters. The summed E-state index contributed by atoms with van der Waals surface area (Å²) >= 11 is 1.33. The number of H-pyrrole nitrogens is 1. The number of furan rings is 1. The predicted octanol–water partition coefficient (Wildman–Crippen LogP) is 4.78. The summed E-state index contributed by atoms with van der Waals surface area (Å²) in [6.45, 7) is 7.89. The Morgan fingerprint density at radius 2 is 1.88 bits per heavy atom. The summed E-state index contributed by atoms with van der Waals surface area (Å²) in [6.07, 6.45) is 3.62. The highest BCUT2D eigenvalue weighted by molar-refractivity contribution is 7.99. The van der Waals surface area contributed by atoms with Gasteiger partial charge in [-0.25, -0.2) is 4.98 Å². The van der Waals surface area contributed by atoms with Crippen molar-refractivity contribution in [1.82, 2.24) is 15.2 Å². The lowest BCUT2D eigenvalue weighted by molar-refractivity contribution is 0.102. The SMILES string of the molecule is Cc1cc(C)c(C(=O)CSc2n[nH]c(C=Cc3ccc(C)o3)n2)c(C)c1. The number of aryl methyl sites for hydroxylation is 4. The predicted molar refractivity (Wildman–Crippen MR) is 104 cm³/mol. The van der Waals surface area contributed by atoms with E-state index in [4.69, 9.17) is 4.42 Å². The molecule has 0 radical (unpaired) electrons. The molecule has 2 heterocycles. The zero-order valence-electron chi connectivity index (χ0n) is 15.3. The molecule has 0 aliphatic rings. The summed E-state index contributed by atoms with van der Waals surface area (Å²) in [5.41, 5.74) is 3.99. The summed E-state index contributed by atoms with van der Waals surface area (Å²) in [5, 5.41) is 7.56. The molecule has 0 saturated heterocycles. The number of hydrogen-bond acceptors (Lipinski definition) is 5. The van der Waals surface area contributed by atoms with Crippen LogP contribution in [0, 0.1) is 27.7 Å². The second-order valence-electron chi connectivity index (χ2n) is 6.27. The maximum atomic E-state index is 12.6. The van der Waals surface area contributed by atoms with Crippen molar-refractivity contribution in [2.24, 2.45) is 0 Å². The fourth-order valence-corrected chi connectivity index (χ4v) is 3.60. The lowest BCUT2D eigenvalue weighted by atomic mass is 9.97. The largest absolute Gasteiger partial charge is 0.462 e. The molecule has 1 N–H and O–H groups in total. The molecule has 26 heavy (non-hydrogen) atoms. The molecule has 0 aliphatic carbocycles. The molecule has 3 rings (SSSR count). The van der Waals surface area contributed by atoms with E-state index in [2.05, 4.69) is 15.2 Å². The van der Waals surface area contributed by atoms with Crippen LogP contribution < -0.4 is 0 Å². The van der Waals surface area contributed by atoms with Crippen LogP contribution in [0.25, 0.3) is 12.2 Å². The van der Waals surface area contributed by atoms with Gasteiger partial charge in [-0.2, -0.15) is 0 Å². The van der Waals surface area contributed by atoms with Crippen molar-refractivity contribution >= 4 is 29.7 Å². The molecule has 0 saturated carbocycles. The molecule has 0 fully saturated rings. The highest BCUT2D eigenvalue weighted by atomic mass is 32.2. The van der Waals surface area contributed by atoms with E-state index in [1.165, 1.54) is 17.3 Å². The first-order valence-corrected chi connectivity index (χ1v) is 9.31. The van der Waals surface area contributed by atoms with E-state index in [1.54, 1.807) is 6.08 Å². The van der Waals surface area contributed by atoms with E-state index >= 15 is 0 Å². The summed E-state index contributed by atoms with van der Waals surface area (Å²) in [4.78, 5) is 17.0. The second-order valence-corrected chi connectivity index (χ2v) is 7.21. The zero-order chi connectivity index (χ0) is 18.7. The number of carbonyl (C=O) groups excluding carboxylic acids is 1. The Bertz CT molecular complexity index is 946. The minimum Gasteiger partial charge on any atom is -0.462 e. The Morgan fingerprint density at radius 1 is 1.15 bits per heavy atom. The third-order valence-corrected chi connectivity index (χ3v) is 4.78. The monoisotopic (exact) mass is 367 g/mol. The highest BCUT2D eigenvalue weighted by Gasteiger charge is 2.14. The number of rotatable bonds is 6. The maximum absolute atomic E-state index is 12.6. The molecule has 2 aromatic heterocycles. The molecule has 0 unspecified atom stereocenters. The van der Waals surface area contributed by atoms with Crippen LogP contribution in [-0.4, -0.2) is 26.7 Å². The first kappa shape index (κ1) is 18.2. The number of nitrogens with one attached hydrogen (secondary N) is 1. The van der Waals surface area contributed by atoms with Gasteiger partial charge in [-0.1, -0.05) is 29.5 Å². The van der Waals surface area contributed by atoms with Crippen molar-refractivity contribution in [3.05, 3.63) is 63.9 Å². The fourth-order valence-electron chi connectivity index (χ4n) is 2.92. The quantitative estimate of drug-likeness (QED) is 0.501. The number of benzene rings is 1. The topological polar surface area (TPSA) is 71.8 Å². The number of Topliss-reactive ketones (excluding diaryl/α,β-unsaturated/α-hetero) is 1. The molecule has 6 heteroatoms. The van der Waals surface area contributed by atoms with Crippen molar-refractivity contribution in [2.45, 2.75) is 32.9 Å². The van der Waals surface area contributed by atoms with Crippen LogP contribution in [-0.2, 0) is 0 Å². The Balaban J connectivity index is 1.63. The second kappa shape index (κ2) is 7.74. The van der Waals surface area contributed by atoms with E-state index in [9.17, 15) is 4.79 Å². The van der Waals surface area contributed by atoms with Crippen LogP contribution >= 0.6 is 11.8 Å². The average Bonchev–Trinajstić information content (AvgIpc) is 3.18. The van der Waals surface area contributed by atoms with Gasteiger partial charge in [0.15, 0.2) is 5.78 Å². The van der Waals surface area contributed by atoms with Crippen molar-refractivity contribution in [3.8, 4) is 0 Å². The first-order valence-electron chi connectivity index (χ1n) is 8.33. The summed E-state index contributed by atoms with van der Waals surface area (Å²) < 4.78 is 5.47. The van der Waals surface area contributed by atoms with E-state index < -0.39 is 0 Å². The van der Waals surface area contributed by atoms with Gasteiger partial charge in [0.05, 0.1) is 5.75 Å². The lowest BCUT2D eigenvalue weighted by Crippen LogP contribution is -2.08. The molecule has 3 aromatic rings. The number of hydrogen-bond donors (Lipinski definition) is 1. The van der Waals surface area contributed by atoms with Gasteiger partial charge in [-0.15, -0.1) is 5.10 Å². The number of nitrogens with zero attached hydrogens (tertiary/aromatic N) is 2. The average molecular weight is 367 g/mol. The van der Waals surface area contributed by atoms with Crippen LogP contribution in [0.2, 0.25) is 0 Å². The summed E-state index contributed by atoms with van der Waals surface area (Å²) in [7, 11) is 0. The first-order chi connectivity index (χ1) is 12.4. The minimum atomic E-state index is 0.0953. The van der Waals surface area contributed by atoms with Gasteiger partial charge in [0.25, 0.3) is 0 Å². The molecule has 0 aliphatic heterocycles. The molecule has 0 bridgehead atoms. The van der Waals surface area contributed by atoms with Crippen LogP contribution in [0.4, 0.5) is 0 Å². The number of carbonyl (C=O) groups is 1. The van der Waals surface area contributed by atoms with Gasteiger partial charge in [-0.3, -0.25) is 9.89 Å². The Morgan fingerprint density at radius 3 is 2.54 bits per heavy atom. The number of aromatic nitrogens is 3. The van der Waals surface area contributed by atoms with Crippen molar-refractivity contribution < 1.29 is 9.21 Å². The van der Waals surface area contributed by atoms with Gasteiger partial charge in [-0.05, 0) is 63.1 Å². The minimum absolute atomic E-state index is 0.0953. The fraction of sp³-hybridized carbons (Fsp3) is 0.250. The van der Waals surface area contributed by atoms with Crippen molar-refractivity contribution in [2.75, 3.05) is 5.75 Å². The van der Waals surface area contributed by atoms with Crippen LogP contribution in [0.1, 0.15) is 44.4 Å². The van der Waals surface area contributed by atoms with Gasteiger partial charge in [0.1, 0.15) is 17.3 Å². The van der Waals surface area contributed by atoms with Gasteiger partial charge in [0.2, 0.25) is 5.16 Å². The van der Waals surface area contributed by atoms with Crippen LogP contribution in [0.3, 0.4) is 0 Å². The van der Waals surface area contributed by atoms with Gasteiger partial charge < -0.3 is 4.42 Å². The van der Waals surface area contributed by atoms with E-state index in [-0.39, 0.29) is 5.78 Å². The van der Waals surface area contributed by atoms with Crippen LogP contribution in [0.5, 0.6) is 0 Å². The van der Waals surface area contributed by atoms with E-state index in [0.717, 1.165) is 28.2 Å². The molecule has 0 spiro atoms. The molecular formula is C20H21N3O2S. The van der Waals surface area contributed by atoms with Crippen molar-refractivity contribution in [1.29, 1.82) is 0 Å². The van der Waals surface area contributed by atoms with Crippen molar-refractivity contribution in [3.63, 3.8) is 0 Å². The smallest absolute Gasteiger partial charge is 0.209 e. The Hall–Kier alpha value is -2.60. The standard InChI is InChI=1S/C20H21N3O2S/c1-12-9-13(2)19(14(3)10-12)17(24)11-26-20-21-18(22-23-20)8-7-16-6-5-15(4)25-16/h5-10H,11H2,1-4H3,(H,21,22,23). The molecule has 134 valence electrons. The summed E-state index contributed by atoms with van der Waals surface area (Å²) in [5.74, 6) is 2.64. The third-order valence-electron chi connectivity index (χ3n) is 3.94. The maximum Gasteiger partial charge on any atom is 0.209 e. The highest BCUT2D eigenvalue weighted by Crippen LogP contribution is 2.21. The molecule has 0 amide bonds. The van der Waals surface area contributed by atoms with E-state index in [0.29, 0.717) is 16.7 Å². The Labute approximate surface area is 156 Å². The van der Waals surface area contributed by atoms with Crippen LogP contribution in [0.15, 0.2) is 33.8 Å². The lowest BCUT2D eigenvalue weighted by Gasteiger charge is -2.09. The number of aromatic amines is 1. The van der Waals surface area contributed by atoms with E-state index in [1.807, 2.05) is 58.0 Å². The number of ketones is 1. The zero-order valence-corrected chi connectivity index (χ0v) is 16.1. The normalized spacial score (nSPS) is 11.4. The Kier molecular flexibility index (Phi) is 5.42. The molecule has 5 nitrogen and oxygen atoms in total. The molecule has 1 aromatic carbocycles. The summed E-state index contributed by atoms with van der Waals surface area (Å²) in [6, 6.07) is 7.87. The number of thioether (sulfide) groups is 1.